The van der Waals surface area contributed by atoms with Crippen LogP contribution < -0.4 is 0 Å². The molecule has 4 aromatic carbocycles. The zero-order valence-corrected chi connectivity index (χ0v) is 29.3. The fraction of sp³-hybridized carbons (Fsp3) is 0.350. The maximum Gasteiger partial charge on any atom is 0.129 e. The molecule has 2 saturated heterocycles. The first kappa shape index (κ1) is 39.3. The minimum Gasteiger partial charge on any atom is -0.508 e. The quantitative estimate of drug-likeness (QED) is 0.121. The third-order valence-electron chi connectivity index (χ3n) is 11.0. The number of phenols is 6. The molecule has 0 saturated carbocycles. The topological polar surface area (TPSA) is 302 Å². The Morgan fingerprint density at radius 1 is 0.482 bits per heavy atom. The van der Waals surface area contributed by atoms with Crippen molar-refractivity contribution in [2.24, 2.45) is 0 Å². The van der Waals surface area contributed by atoms with E-state index >= 15 is 0 Å². The van der Waals surface area contributed by atoms with Crippen LogP contribution in [-0.2, 0) is 9.47 Å². The van der Waals surface area contributed by atoms with Gasteiger partial charge in [0.25, 0.3) is 0 Å². The number of ether oxygens (including phenoxy) is 2. The van der Waals surface area contributed by atoms with Crippen LogP contribution >= 0.6 is 0 Å². The van der Waals surface area contributed by atoms with Crippen molar-refractivity contribution < 1.29 is 81.0 Å². The lowest BCUT2D eigenvalue weighted by atomic mass is 9.78. The van der Waals surface area contributed by atoms with Crippen LogP contribution in [0.1, 0.15) is 63.0 Å². The van der Waals surface area contributed by atoms with E-state index in [1.165, 1.54) is 42.5 Å². The normalized spacial score (nSPS) is 32.4. The molecule has 2 aliphatic heterocycles. The Morgan fingerprint density at radius 3 is 1.45 bits per heavy atom. The fourth-order valence-corrected chi connectivity index (χ4v) is 8.16. The van der Waals surface area contributed by atoms with E-state index in [0.29, 0.717) is 16.7 Å². The number of benzene rings is 4. The molecule has 3 aliphatic rings. The molecule has 0 spiro atoms. The molecule has 16 nitrogen and oxygen atoms in total. The molecule has 0 aromatic heterocycles. The third kappa shape index (κ3) is 6.58. The molecular weight excluding hydrogens is 736 g/mol. The average Bonchev–Trinajstić information content (AvgIpc) is 3.48. The van der Waals surface area contributed by atoms with Gasteiger partial charge in [-0.15, -0.1) is 0 Å². The predicted molar refractivity (Wildman–Crippen MR) is 194 cm³/mol. The minimum absolute atomic E-state index is 0.0168. The number of aliphatic hydroxyl groups is 8. The van der Waals surface area contributed by atoms with Crippen LogP contribution in [0.5, 0.6) is 34.5 Å². The van der Waals surface area contributed by atoms with Gasteiger partial charge in [-0.05, 0) is 70.3 Å². The van der Waals surface area contributed by atoms with Gasteiger partial charge in [0.15, 0.2) is 0 Å². The molecule has 2 heterocycles. The van der Waals surface area contributed by atoms with Gasteiger partial charge in [0, 0.05) is 17.4 Å². The Labute approximate surface area is 318 Å². The number of rotatable bonds is 7. The van der Waals surface area contributed by atoms with Crippen LogP contribution in [0.3, 0.4) is 0 Å². The SMILES string of the molecule is OC[C@H]1O[C@H](c2c(O)cc([C@H]3c4c(cc(O)c([C@H]5O[C@H](CO)[C@@H](O)[C@H](O)[C@H]5O)c4O)/C(=C/c4ccc(O)cc4)[C@@H]3c3ccc(O)cc3)cc2O)[C@H](O)[C@@H](O)[C@@H]1O. The summed E-state index contributed by atoms with van der Waals surface area (Å²) in [4.78, 5) is 0. The molecule has 56 heavy (non-hydrogen) atoms. The molecular formula is C40H42O16. The Hall–Kier alpha value is -4.98. The number of hydrogen-bond donors (Lipinski definition) is 14. The van der Waals surface area contributed by atoms with E-state index in [9.17, 15) is 71.5 Å². The molecule has 14 N–H and O–H groups in total. The summed E-state index contributed by atoms with van der Waals surface area (Å²) in [5.41, 5.74) is 1.17. The molecule has 298 valence electrons. The summed E-state index contributed by atoms with van der Waals surface area (Å²) in [7, 11) is 0. The second-order valence-electron chi connectivity index (χ2n) is 14.3. The summed E-state index contributed by atoms with van der Waals surface area (Å²) in [5.74, 6) is -4.60. The van der Waals surface area contributed by atoms with Crippen LogP contribution in [0.4, 0.5) is 0 Å². The minimum atomic E-state index is -1.91. The average molecular weight is 779 g/mol. The molecule has 16 heteroatoms. The van der Waals surface area contributed by atoms with E-state index in [1.807, 2.05) is 0 Å². The van der Waals surface area contributed by atoms with Gasteiger partial charge in [-0.2, -0.15) is 0 Å². The molecule has 0 radical (unpaired) electrons. The summed E-state index contributed by atoms with van der Waals surface area (Å²) in [6.45, 7) is -1.56. The van der Waals surface area contributed by atoms with E-state index in [0.717, 1.165) is 0 Å². The third-order valence-corrected chi connectivity index (χ3v) is 11.0. The maximum atomic E-state index is 12.3. The van der Waals surface area contributed by atoms with Gasteiger partial charge < -0.3 is 81.0 Å². The van der Waals surface area contributed by atoms with E-state index in [1.54, 1.807) is 30.3 Å². The molecule has 0 unspecified atom stereocenters. The van der Waals surface area contributed by atoms with Gasteiger partial charge in [-0.25, -0.2) is 0 Å². The van der Waals surface area contributed by atoms with Gasteiger partial charge in [0.1, 0.15) is 95.5 Å². The first-order valence-corrected chi connectivity index (χ1v) is 17.7. The number of fused-ring (bicyclic) bond motifs is 1. The molecule has 2 fully saturated rings. The zero-order chi connectivity index (χ0) is 40.3. The van der Waals surface area contributed by atoms with Crippen molar-refractivity contribution >= 4 is 11.6 Å². The molecule has 4 aromatic rings. The highest BCUT2D eigenvalue weighted by Crippen LogP contribution is 2.61. The van der Waals surface area contributed by atoms with Crippen molar-refractivity contribution in [2.75, 3.05) is 13.2 Å². The fourth-order valence-electron chi connectivity index (χ4n) is 8.16. The second kappa shape index (κ2) is 15.2. The smallest absolute Gasteiger partial charge is 0.129 e. The highest BCUT2D eigenvalue weighted by Gasteiger charge is 2.50. The van der Waals surface area contributed by atoms with E-state index in [-0.39, 0.29) is 33.8 Å². The van der Waals surface area contributed by atoms with Gasteiger partial charge >= 0.3 is 0 Å². The Bertz CT molecular complexity index is 2080. The molecule has 0 bridgehead atoms. The lowest BCUT2D eigenvalue weighted by Crippen LogP contribution is -2.55. The number of allylic oxidation sites excluding steroid dienone is 1. The number of aromatic hydroxyl groups is 6. The van der Waals surface area contributed by atoms with Crippen LogP contribution in [0.25, 0.3) is 11.6 Å². The number of aliphatic hydroxyl groups excluding tert-OH is 8. The van der Waals surface area contributed by atoms with Crippen LogP contribution in [0, 0.1) is 0 Å². The van der Waals surface area contributed by atoms with Crippen LogP contribution in [0.15, 0.2) is 66.7 Å². The zero-order valence-electron chi connectivity index (χ0n) is 29.3. The molecule has 12 atom stereocenters. The summed E-state index contributed by atoms with van der Waals surface area (Å²) >= 11 is 0. The van der Waals surface area contributed by atoms with Crippen LogP contribution in [-0.4, -0.2) is 134 Å². The summed E-state index contributed by atoms with van der Waals surface area (Å²) in [5, 5.41) is 150. The Balaban J connectivity index is 1.47. The molecule has 0 amide bonds. The van der Waals surface area contributed by atoms with Crippen molar-refractivity contribution in [1.82, 2.24) is 0 Å². The van der Waals surface area contributed by atoms with Crippen LogP contribution in [0.2, 0.25) is 0 Å². The van der Waals surface area contributed by atoms with Crippen molar-refractivity contribution in [2.45, 2.75) is 72.9 Å². The van der Waals surface area contributed by atoms with Crippen molar-refractivity contribution in [3.05, 3.63) is 106 Å². The van der Waals surface area contributed by atoms with Crippen molar-refractivity contribution in [3.63, 3.8) is 0 Å². The lowest BCUT2D eigenvalue weighted by Gasteiger charge is -2.40. The van der Waals surface area contributed by atoms with Crippen molar-refractivity contribution in [3.8, 4) is 34.5 Å². The Kier molecular flexibility index (Phi) is 10.6. The highest BCUT2D eigenvalue weighted by molar-refractivity contribution is 5.93. The first-order chi connectivity index (χ1) is 26.7. The van der Waals surface area contributed by atoms with E-state index < -0.39 is 115 Å². The summed E-state index contributed by atoms with van der Waals surface area (Å²) in [6, 6.07) is 15.8. The molecule has 7 rings (SSSR count). The van der Waals surface area contributed by atoms with Gasteiger partial charge in [0.05, 0.1) is 24.3 Å². The maximum absolute atomic E-state index is 12.3. The van der Waals surface area contributed by atoms with E-state index in [4.69, 9.17) is 9.47 Å². The Morgan fingerprint density at radius 2 is 0.946 bits per heavy atom. The lowest BCUT2D eigenvalue weighted by molar-refractivity contribution is -0.232. The molecule has 1 aliphatic carbocycles. The predicted octanol–water partition coefficient (Wildman–Crippen LogP) is 0.420. The number of hydrogen-bond acceptors (Lipinski definition) is 16. The first-order valence-electron chi connectivity index (χ1n) is 17.7. The monoisotopic (exact) mass is 778 g/mol. The largest absolute Gasteiger partial charge is 0.508 e. The van der Waals surface area contributed by atoms with Gasteiger partial charge in [-0.3, -0.25) is 0 Å². The number of phenolic OH excluding ortho intramolecular Hbond substituents is 6. The summed E-state index contributed by atoms with van der Waals surface area (Å²) in [6.07, 6.45) is -15.3. The summed E-state index contributed by atoms with van der Waals surface area (Å²) < 4.78 is 11.3. The van der Waals surface area contributed by atoms with E-state index in [2.05, 4.69) is 0 Å². The van der Waals surface area contributed by atoms with Crippen molar-refractivity contribution in [1.29, 1.82) is 0 Å². The standard InChI is InChI=1S/C40H42O16/c41-13-25-32(48)35(51)37(53)39(55-25)30-22(45)10-17(11-23(30)46)28-27(16-3-7-19(44)8-4-16)20(9-15-1-5-18(43)6-2-15)21-12-24(47)31(34(50)29(21)28)40-38(54)36(52)33(49)26(14-42)56-40/h1-12,25-28,32-33,35-54H,13-14H2/b20-9-/t25-,26-,27+,28-,32-,33-,35+,36+,37-,38-,39-,40-/m1/s1. The second-order valence-corrected chi connectivity index (χ2v) is 14.3. The van der Waals surface area contributed by atoms with Gasteiger partial charge in [0.2, 0.25) is 0 Å². The highest BCUT2D eigenvalue weighted by atomic mass is 16.6. The van der Waals surface area contributed by atoms with Gasteiger partial charge in [-0.1, -0.05) is 30.3 Å².